The van der Waals surface area contributed by atoms with E-state index in [2.05, 4.69) is 26.3 Å². The standard InChI is InChI=1S/C35H44F3N7O6/c1-18(28(40-34(49)35(38)16-50-17-35)33(48)45-12-11-44(2)23(14-36)15-45)22-9-10-25(24(37)13-22)39-31(46)27(26(19-3-4-19)20-5-6-20)32(47)41-30-29(21-7-8-21)42-51-43-30/h9-10,13,18-21,23,26-28H,3-8,11-12,14-17H2,1-2H3,(H,39,46)(H,40,49)(H,41,43,47)/t18-,23+,27-,28+/m0/s1. The van der Waals surface area contributed by atoms with Crippen LogP contribution in [-0.2, 0) is 23.9 Å². The molecule has 0 bridgehead atoms. The fraction of sp³-hybridized carbons (Fsp3) is 0.657. The zero-order valence-corrected chi connectivity index (χ0v) is 28.7. The number of hydrogen-bond acceptors (Lipinski definition) is 9. The Labute approximate surface area is 293 Å². The van der Waals surface area contributed by atoms with Crippen molar-refractivity contribution in [2.24, 2.45) is 23.7 Å². The maximum Gasteiger partial charge on any atom is 0.263 e. The highest BCUT2D eigenvalue weighted by molar-refractivity contribution is 6.11. The number of rotatable bonds is 14. The molecule has 3 saturated carbocycles. The number of benzene rings is 1. The number of anilines is 2. The molecular weight excluding hydrogens is 671 g/mol. The molecule has 0 radical (unpaired) electrons. The summed E-state index contributed by atoms with van der Waals surface area (Å²) in [6, 6.07) is 2.17. The van der Waals surface area contributed by atoms with Gasteiger partial charge in [-0.3, -0.25) is 24.1 Å². The van der Waals surface area contributed by atoms with Crippen LogP contribution in [0.2, 0.25) is 0 Å². The van der Waals surface area contributed by atoms with Crippen LogP contribution in [0.5, 0.6) is 0 Å². The highest BCUT2D eigenvalue weighted by atomic mass is 19.1. The summed E-state index contributed by atoms with van der Waals surface area (Å²) in [4.78, 5) is 57.7. The van der Waals surface area contributed by atoms with E-state index in [1.807, 2.05) is 0 Å². The van der Waals surface area contributed by atoms with Gasteiger partial charge in [0.1, 0.15) is 30.1 Å². The minimum absolute atomic E-state index is 0.0701. The number of carbonyl (C=O) groups excluding carboxylic acids is 4. The maximum absolute atomic E-state index is 15.9. The van der Waals surface area contributed by atoms with E-state index in [0.29, 0.717) is 17.8 Å². The van der Waals surface area contributed by atoms with Crippen molar-refractivity contribution in [3.05, 3.63) is 35.3 Å². The van der Waals surface area contributed by atoms with Gasteiger partial charge in [0.25, 0.3) is 5.91 Å². The zero-order valence-electron chi connectivity index (χ0n) is 28.7. The molecule has 13 nitrogen and oxygen atoms in total. The largest absolute Gasteiger partial charge is 0.373 e. The van der Waals surface area contributed by atoms with Gasteiger partial charge in [0.2, 0.25) is 29.2 Å². The van der Waals surface area contributed by atoms with E-state index < -0.39 is 78.9 Å². The van der Waals surface area contributed by atoms with Gasteiger partial charge >= 0.3 is 0 Å². The van der Waals surface area contributed by atoms with Crippen molar-refractivity contribution < 1.29 is 41.7 Å². The van der Waals surface area contributed by atoms with E-state index in [-0.39, 0.29) is 48.3 Å². The molecule has 51 heavy (non-hydrogen) atoms. The van der Waals surface area contributed by atoms with E-state index >= 15 is 8.78 Å². The second kappa shape index (κ2) is 14.2. The predicted octanol–water partition coefficient (Wildman–Crippen LogP) is 3.15. The van der Waals surface area contributed by atoms with E-state index in [9.17, 15) is 23.6 Å². The normalized spacial score (nSPS) is 23.6. The fourth-order valence-electron chi connectivity index (χ4n) is 7.37. The Kier molecular flexibility index (Phi) is 9.82. The molecule has 3 heterocycles. The second-order valence-electron chi connectivity index (χ2n) is 15.0. The van der Waals surface area contributed by atoms with Crippen LogP contribution in [0.3, 0.4) is 0 Å². The van der Waals surface area contributed by atoms with Crippen LogP contribution in [0.1, 0.15) is 68.5 Å². The summed E-state index contributed by atoms with van der Waals surface area (Å²) >= 11 is 0. The van der Waals surface area contributed by atoms with Crippen LogP contribution in [-0.4, -0.2) is 108 Å². The lowest BCUT2D eigenvalue weighted by molar-refractivity contribution is -0.169. The molecule has 2 aromatic rings. The van der Waals surface area contributed by atoms with Crippen LogP contribution in [0.25, 0.3) is 0 Å². The van der Waals surface area contributed by atoms with Gasteiger partial charge in [-0.15, -0.1) is 0 Å². The highest BCUT2D eigenvalue weighted by Crippen LogP contribution is 2.53. The average molecular weight is 716 g/mol. The lowest BCUT2D eigenvalue weighted by atomic mass is 9.82. The fourth-order valence-corrected chi connectivity index (χ4v) is 7.37. The Hall–Kier alpha value is -4.05. The van der Waals surface area contributed by atoms with E-state index in [4.69, 9.17) is 9.37 Å². The molecule has 276 valence electrons. The summed E-state index contributed by atoms with van der Waals surface area (Å²) in [5.41, 5.74) is -1.61. The van der Waals surface area contributed by atoms with Crippen molar-refractivity contribution in [2.75, 3.05) is 57.2 Å². The predicted molar refractivity (Wildman–Crippen MR) is 176 cm³/mol. The number of nitrogens with zero attached hydrogens (tertiary/aromatic N) is 4. The Morgan fingerprint density at radius 3 is 2.27 bits per heavy atom. The first-order valence-electron chi connectivity index (χ1n) is 17.8. The first kappa shape index (κ1) is 35.4. The van der Waals surface area contributed by atoms with Crippen LogP contribution in [0.4, 0.5) is 24.7 Å². The first-order chi connectivity index (χ1) is 24.5. The van der Waals surface area contributed by atoms with Crippen molar-refractivity contribution in [1.29, 1.82) is 0 Å². The van der Waals surface area contributed by atoms with E-state index in [0.717, 1.165) is 44.6 Å². The third kappa shape index (κ3) is 7.48. The summed E-state index contributed by atoms with van der Waals surface area (Å²) < 4.78 is 54.4. The molecule has 1 aromatic carbocycles. The molecular formula is C35H44F3N7O6. The van der Waals surface area contributed by atoms with Crippen LogP contribution < -0.4 is 16.0 Å². The number of carbonyl (C=O) groups is 4. The number of halogens is 3. The molecule has 0 spiro atoms. The molecule has 4 amide bonds. The van der Waals surface area contributed by atoms with Crippen LogP contribution >= 0.6 is 0 Å². The summed E-state index contributed by atoms with van der Waals surface area (Å²) in [7, 11) is 1.76. The smallest absolute Gasteiger partial charge is 0.263 e. The van der Waals surface area contributed by atoms with Gasteiger partial charge in [-0.05, 0) is 86.2 Å². The molecule has 1 aromatic heterocycles. The molecule has 2 saturated heterocycles. The van der Waals surface area contributed by atoms with Crippen molar-refractivity contribution in [1.82, 2.24) is 25.4 Å². The van der Waals surface area contributed by atoms with Crippen molar-refractivity contribution in [3.8, 4) is 0 Å². The Morgan fingerprint density at radius 1 is 1.00 bits per heavy atom. The minimum Gasteiger partial charge on any atom is -0.373 e. The Bertz CT molecular complexity index is 1650. The lowest BCUT2D eigenvalue weighted by Gasteiger charge is -2.41. The van der Waals surface area contributed by atoms with Crippen LogP contribution in [0.15, 0.2) is 22.8 Å². The zero-order chi connectivity index (χ0) is 36.0. The molecule has 3 aliphatic carbocycles. The molecule has 5 fully saturated rings. The van der Waals surface area contributed by atoms with Gasteiger partial charge in [0.05, 0.1) is 24.9 Å². The third-order valence-corrected chi connectivity index (χ3v) is 11.2. The molecule has 2 aliphatic heterocycles. The number of hydrogen-bond donors (Lipinski definition) is 3. The molecule has 3 N–H and O–H groups in total. The maximum atomic E-state index is 15.9. The highest BCUT2D eigenvalue weighted by Gasteiger charge is 2.51. The topological polar surface area (TPSA) is 159 Å². The SMILES string of the molecule is C[C@@H](c1ccc(NC(=O)[C@@H](C(=O)Nc2nonc2C2CC2)C(C2CC2)C2CC2)c(F)c1)[C@@H](NC(=O)C1(F)COC1)C(=O)N1CCN(C)[C@H](CF)C1. The average Bonchev–Trinajstić information content (AvgIpc) is 3.97. The summed E-state index contributed by atoms with van der Waals surface area (Å²) in [6.45, 7) is 0.757. The number of likely N-dealkylation sites (N-methyl/N-ethyl adjacent to an activating group) is 1. The van der Waals surface area contributed by atoms with Crippen molar-refractivity contribution in [2.45, 2.75) is 75.0 Å². The Balaban J connectivity index is 1.10. The number of ether oxygens (including phenoxy) is 1. The summed E-state index contributed by atoms with van der Waals surface area (Å²) in [5, 5.41) is 15.7. The molecule has 5 aliphatic rings. The number of aromatic nitrogens is 2. The van der Waals surface area contributed by atoms with Crippen molar-refractivity contribution >= 4 is 35.1 Å². The molecule has 4 atom stereocenters. The van der Waals surface area contributed by atoms with E-state index in [1.54, 1.807) is 18.9 Å². The summed E-state index contributed by atoms with van der Waals surface area (Å²) in [6.07, 6.45) is 5.45. The number of amides is 4. The summed E-state index contributed by atoms with van der Waals surface area (Å²) in [5.74, 6) is -4.96. The quantitative estimate of drug-likeness (QED) is 0.250. The number of nitrogens with one attached hydrogen (secondary N) is 3. The van der Waals surface area contributed by atoms with Gasteiger partial charge in [-0.1, -0.05) is 18.1 Å². The third-order valence-electron chi connectivity index (χ3n) is 11.2. The minimum atomic E-state index is -2.30. The molecule has 0 unspecified atom stereocenters. The van der Waals surface area contributed by atoms with Crippen LogP contribution in [0, 0.1) is 29.5 Å². The van der Waals surface area contributed by atoms with Gasteiger partial charge in [0, 0.05) is 31.5 Å². The van der Waals surface area contributed by atoms with Gasteiger partial charge in [-0.2, -0.15) is 0 Å². The molecule has 7 rings (SSSR count). The second-order valence-corrected chi connectivity index (χ2v) is 15.0. The number of alkyl halides is 2. The van der Waals surface area contributed by atoms with Gasteiger partial charge < -0.3 is 25.6 Å². The molecule has 16 heteroatoms. The van der Waals surface area contributed by atoms with Gasteiger partial charge in [0.15, 0.2) is 0 Å². The monoisotopic (exact) mass is 715 g/mol. The van der Waals surface area contributed by atoms with Crippen molar-refractivity contribution in [3.63, 3.8) is 0 Å². The lowest BCUT2D eigenvalue weighted by Crippen LogP contribution is -2.63. The first-order valence-corrected chi connectivity index (χ1v) is 17.8. The van der Waals surface area contributed by atoms with E-state index in [1.165, 1.54) is 17.0 Å². The van der Waals surface area contributed by atoms with Gasteiger partial charge in [-0.25, -0.2) is 17.8 Å². The Morgan fingerprint density at radius 2 is 1.69 bits per heavy atom. The number of piperazine rings is 1.